The zero-order chi connectivity index (χ0) is 25.5. The molecule has 5 heterocycles. The summed E-state index contributed by atoms with van der Waals surface area (Å²) in [6.07, 6.45) is 4.72. The summed E-state index contributed by atoms with van der Waals surface area (Å²) >= 11 is 0. The van der Waals surface area contributed by atoms with Crippen LogP contribution in [0.5, 0.6) is 0 Å². The van der Waals surface area contributed by atoms with Crippen molar-refractivity contribution < 1.29 is 5.11 Å². The lowest BCUT2D eigenvalue weighted by molar-refractivity contribution is 0.153. The number of aliphatic hydroxyl groups excluding tert-OH is 1. The first-order valence-electron chi connectivity index (χ1n) is 12.6. The molecular weight excluding hydrogens is 466 g/mol. The van der Waals surface area contributed by atoms with Crippen LogP contribution >= 0.6 is 0 Å². The van der Waals surface area contributed by atoms with Crippen LogP contribution in [-0.2, 0) is 0 Å². The number of likely N-dealkylation sites (N-methyl/N-ethyl adjacent to an activating group) is 1. The van der Waals surface area contributed by atoms with Gasteiger partial charge in [-0.3, -0.25) is 10.1 Å². The second-order valence-corrected chi connectivity index (χ2v) is 10.0. The molecule has 10 nitrogen and oxygen atoms in total. The molecule has 0 bridgehead atoms. The van der Waals surface area contributed by atoms with E-state index in [1.165, 1.54) is 0 Å². The van der Waals surface area contributed by atoms with E-state index in [-0.39, 0.29) is 5.92 Å². The molecule has 190 valence electrons. The molecule has 1 saturated heterocycles. The van der Waals surface area contributed by atoms with Gasteiger partial charge in [0.25, 0.3) is 0 Å². The van der Waals surface area contributed by atoms with Crippen LogP contribution < -0.4 is 10.2 Å². The fourth-order valence-electron chi connectivity index (χ4n) is 4.71. The van der Waals surface area contributed by atoms with Crippen molar-refractivity contribution in [3.63, 3.8) is 0 Å². The molecule has 0 amide bonds. The number of nitrogens with one attached hydrogen (secondary N) is 3. The third kappa shape index (κ3) is 4.49. The standard InChI is InChI=1S/C27H31N9O/c1-16(2)27(37)30-19-12-18(14-28-15-19)17-4-5-21-20(13-17)23(34-33-21)26-31-24-22(6-7-29-25(24)32-26)36-10-8-35(3)9-11-36/h4-7,12-16,27,30,37H,8-11H2,1-3H3,(H,33,34)(H,29,31,32). The number of rotatable bonds is 6. The number of aromatic nitrogens is 6. The zero-order valence-electron chi connectivity index (χ0n) is 21.2. The lowest BCUT2D eigenvalue weighted by atomic mass is 10.0. The summed E-state index contributed by atoms with van der Waals surface area (Å²) in [7, 11) is 2.16. The van der Waals surface area contributed by atoms with Crippen LogP contribution in [-0.4, -0.2) is 79.6 Å². The first-order chi connectivity index (χ1) is 18.0. The number of piperazine rings is 1. The summed E-state index contributed by atoms with van der Waals surface area (Å²) in [5, 5.41) is 22.0. The van der Waals surface area contributed by atoms with Crippen molar-refractivity contribution in [2.45, 2.75) is 20.1 Å². The molecule has 1 aliphatic heterocycles. The van der Waals surface area contributed by atoms with E-state index in [0.717, 1.165) is 70.8 Å². The Morgan fingerprint density at radius 3 is 2.68 bits per heavy atom. The highest BCUT2D eigenvalue weighted by atomic mass is 16.3. The molecule has 4 N–H and O–H groups in total. The van der Waals surface area contributed by atoms with Crippen molar-refractivity contribution in [3.05, 3.63) is 48.9 Å². The van der Waals surface area contributed by atoms with Gasteiger partial charge in [-0.15, -0.1) is 0 Å². The number of aliphatic hydroxyl groups is 1. The van der Waals surface area contributed by atoms with E-state index < -0.39 is 6.23 Å². The predicted molar refractivity (Wildman–Crippen MR) is 146 cm³/mol. The van der Waals surface area contributed by atoms with Gasteiger partial charge in [-0.05, 0) is 42.8 Å². The molecule has 1 fully saturated rings. The molecule has 1 atom stereocenters. The van der Waals surface area contributed by atoms with Crippen LogP contribution in [0, 0.1) is 5.92 Å². The van der Waals surface area contributed by atoms with Crippen molar-refractivity contribution in [1.82, 2.24) is 35.0 Å². The lowest BCUT2D eigenvalue weighted by Crippen LogP contribution is -2.44. The largest absolute Gasteiger partial charge is 0.374 e. The topological polar surface area (TPSA) is 122 Å². The number of nitrogens with zero attached hydrogens (tertiary/aromatic N) is 6. The van der Waals surface area contributed by atoms with E-state index >= 15 is 0 Å². The Balaban J connectivity index is 1.36. The van der Waals surface area contributed by atoms with Crippen molar-refractivity contribution in [2.24, 2.45) is 5.92 Å². The molecule has 4 aromatic heterocycles. The van der Waals surface area contributed by atoms with Gasteiger partial charge in [-0.25, -0.2) is 9.97 Å². The van der Waals surface area contributed by atoms with Gasteiger partial charge in [0.05, 0.1) is 23.1 Å². The summed E-state index contributed by atoms with van der Waals surface area (Å²) in [5.74, 6) is 0.768. The Morgan fingerprint density at radius 1 is 1.03 bits per heavy atom. The molecule has 5 aromatic rings. The number of pyridine rings is 2. The third-order valence-electron chi connectivity index (χ3n) is 7.02. The number of hydrogen-bond donors (Lipinski definition) is 4. The van der Waals surface area contributed by atoms with Gasteiger partial charge in [0.2, 0.25) is 0 Å². The minimum absolute atomic E-state index is 0.0866. The molecule has 1 unspecified atom stereocenters. The Kier molecular flexibility index (Phi) is 5.97. The normalized spacial score (nSPS) is 15.6. The molecular formula is C27H31N9O. The van der Waals surface area contributed by atoms with Crippen LogP contribution in [0.4, 0.5) is 11.4 Å². The first kappa shape index (κ1) is 23.4. The van der Waals surface area contributed by atoms with E-state index in [4.69, 9.17) is 4.98 Å². The molecule has 0 radical (unpaired) electrons. The molecule has 6 rings (SSSR count). The minimum Gasteiger partial charge on any atom is -0.374 e. The Labute approximate surface area is 214 Å². The number of H-pyrrole nitrogens is 2. The van der Waals surface area contributed by atoms with Crippen molar-refractivity contribution in [3.8, 4) is 22.6 Å². The quantitative estimate of drug-likeness (QED) is 0.262. The summed E-state index contributed by atoms with van der Waals surface area (Å²) in [6.45, 7) is 7.92. The van der Waals surface area contributed by atoms with Crippen LogP contribution in [0.3, 0.4) is 0 Å². The van der Waals surface area contributed by atoms with Crippen molar-refractivity contribution in [1.29, 1.82) is 0 Å². The van der Waals surface area contributed by atoms with Gasteiger partial charge in [0.1, 0.15) is 17.4 Å². The third-order valence-corrected chi connectivity index (χ3v) is 7.02. The highest BCUT2D eigenvalue weighted by molar-refractivity contribution is 5.96. The van der Waals surface area contributed by atoms with Gasteiger partial charge in [0, 0.05) is 49.5 Å². The van der Waals surface area contributed by atoms with Crippen LogP contribution in [0.25, 0.3) is 44.7 Å². The molecule has 10 heteroatoms. The molecule has 0 saturated carbocycles. The summed E-state index contributed by atoms with van der Waals surface area (Å²) in [5.41, 5.74) is 7.12. The Hall–Kier alpha value is -4.02. The van der Waals surface area contributed by atoms with E-state index in [9.17, 15) is 5.11 Å². The number of fused-ring (bicyclic) bond motifs is 2. The fraction of sp³-hybridized carbons (Fsp3) is 0.333. The first-order valence-corrected chi connectivity index (χ1v) is 12.6. The summed E-state index contributed by atoms with van der Waals surface area (Å²) < 4.78 is 0. The number of aromatic amines is 2. The maximum Gasteiger partial charge on any atom is 0.180 e. The smallest absolute Gasteiger partial charge is 0.180 e. The van der Waals surface area contributed by atoms with E-state index in [2.05, 4.69) is 59.4 Å². The maximum atomic E-state index is 10.2. The number of benzene rings is 1. The van der Waals surface area contributed by atoms with Gasteiger partial charge < -0.3 is 25.2 Å². The lowest BCUT2D eigenvalue weighted by Gasteiger charge is -2.34. The average Bonchev–Trinajstić information content (AvgIpc) is 3.53. The fourth-order valence-corrected chi connectivity index (χ4v) is 4.71. The van der Waals surface area contributed by atoms with Crippen LogP contribution in [0.2, 0.25) is 0 Å². The molecule has 0 aliphatic carbocycles. The number of anilines is 2. The number of hydrogen-bond acceptors (Lipinski definition) is 8. The predicted octanol–water partition coefficient (Wildman–Crippen LogP) is 3.70. The van der Waals surface area contributed by atoms with Gasteiger partial charge in [-0.1, -0.05) is 19.9 Å². The summed E-state index contributed by atoms with van der Waals surface area (Å²) in [4.78, 5) is 21.9. The van der Waals surface area contributed by atoms with Gasteiger partial charge in [0.15, 0.2) is 11.5 Å². The molecule has 0 spiro atoms. The Bertz CT molecular complexity index is 1550. The highest BCUT2D eigenvalue weighted by Gasteiger charge is 2.20. The number of imidazole rings is 1. The molecule has 1 aromatic carbocycles. The van der Waals surface area contributed by atoms with Crippen LogP contribution in [0.15, 0.2) is 48.9 Å². The van der Waals surface area contributed by atoms with Gasteiger partial charge >= 0.3 is 0 Å². The molecule has 1 aliphatic rings. The van der Waals surface area contributed by atoms with Crippen LogP contribution in [0.1, 0.15) is 13.8 Å². The zero-order valence-corrected chi connectivity index (χ0v) is 21.2. The van der Waals surface area contributed by atoms with E-state index in [1.54, 1.807) is 6.20 Å². The Morgan fingerprint density at radius 2 is 1.86 bits per heavy atom. The highest BCUT2D eigenvalue weighted by Crippen LogP contribution is 2.32. The van der Waals surface area contributed by atoms with Crippen molar-refractivity contribution >= 4 is 33.4 Å². The monoisotopic (exact) mass is 497 g/mol. The summed E-state index contributed by atoms with van der Waals surface area (Å²) in [6, 6.07) is 10.2. The maximum absolute atomic E-state index is 10.2. The minimum atomic E-state index is -0.641. The molecule has 37 heavy (non-hydrogen) atoms. The van der Waals surface area contributed by atoms with E-state index in [0.29, 0.717) is 11.5 Å². The van der Waals surface area contributed by atoms with Crippen molar-refractivity contribution in [2.75, 3.05) is 43.4 Å². The average molecular weight is 498 g/mol. The second kappa shape index (κ2) is 9.45. The SMILES string of the molecule is CC(C)C(O)Nc1cncc(-c2ccc3[nH]nc(-c4nc5nccc(N6CCN(C)CC6)c5[nH]4)c3c2)c1. The van der Waals surface area contributed by atoms with Gasteiger partial charge in [-0.2, -0.15) is 5.10 Å². The second-order valence-electron chi connectivity index (χ2n) is 10.0. The van der Waals surface area contributed by atoms with E-state index in [1.807, 2.05) is 44.4 Å².